The number of nitrogens with one attached hydrogen (secondary N) is 1. The van der Waals surface area contributed by atoms with Crippen molar-refractivity contribution >= 4 is 5.69 Å². The molecular formula is C15H23N. The van der Waals surface area contributed by atoms with Crippen molar-refractivity contribution < 1.29 is 0 Å². The molecule has 0 radical (unpaired) electrons. The largest absolute Gasteiger partial charge is 0.382 e. The maximum atomic E-state index is 3.67. The van der Waals surface area contributed by atoms with Gasteiger partial charge in [-0.15, -0.1) is 0 Å². The maximum absolute atomic E-state index is 3.67. The van der Waals surface area contributed by atoms with Crippen LogP contribution in [0.1, 0.15) is 43.7 Å². The van der Waals surface area contributed by atoms with E-state index in [0.717, 1.165) is 5.92 Å². The van der Waals surface area contributed by atoms with Gasteiger partial charge in [-0.25, -0.2) is 0 Å². The minimum absolute atomic E-state index is 0.701. The van der Waals surface area contributed by atoms with E-state index in [1.165, 1.54) is 42.5 Å². The summed E-state index contributed by atoms with van der Waals surface area (Å²) >= 11 is 0. The van der Waals surface area contributed by atoms with Crippen molar-refractivity contribution in [1.82, 2.24) is 0 Å². The van der Waals surface area contributed by atoms with Gasteiger partial charge in [0.05, 0.1) is 0 Å². The van der Waals surface area contributed by atoms with Crippen molar-refractivity contribution in [3.63, 3.8) is 0 Å². The van der Waals surface area contributed by atoms with Crippen molar-refractivity contribution in [2.24, 2.45) is 5.92 Å². The Bertz CT molecular complexity index is 356. The molecule has 0 heterocycles. The van der Waals surface area contributed by atoms with E-state index < -0.39 is 0 Å². The van der Waals surface area contributed by atoms with Gasteiger partial charge in [-0.1, -0.05) is 19.4 Å². The third kappa shape index (κ3) is 2.58. The quantitative estimate of drug-likeness (QED) is 0.796. The van der Waals surface area contributed by atoms with Gasteiger partial charge in [-0.3, -0.25) is 0 Å². The number of rotatable bonds is 3. The summed E-state index contributed by atoms with van der Waals surface area (Å²) in [6.45, 7) is 6.66. The van der Waals surface area contributed by atoms with Crippen molar-refractivity contribution in [1.29, 1.82) is 0 Å². The van der Waals surface area contributed by atoms with Crippen LogP contribution < -0.4 is 5.32 Å². The van der Waals surface area contributed by atoms with Gasteiger partial charge in [0.2, 0.25) is 0 Å². The summed E-state index contributed by atoms with van der Waals surface area (Å²) in [6.07, 6.45) is 5.43. The normalized spacial score (nSPS) is 24.7. The molecule has 1 aromatic rings. The second-order valence-electron chi connectivity index (χ2n) is 5.23. The van der Waals surface area contributed by atoms with Crippen LogP contribution in [0.25, 0.3) is 0 Å². The monoisotopic (exact) mass is 217 g/mol. The smallest absolute Gasteiger partial charge is 0.0345 e. The van der Waals surface area contributed by atoms with Crippen LogP contribution in [0.15, 0.2) is 18.2 Å². The predicted octanol–water partition coefficient (Wildman–Crippen LogP) is 4.29. The zero-order valence-corrected chi connectivity index (χ0v) is 10.7. The molecule has 2 atom stereocenters. The fourth-order valence-electron chi connectivity index (χ4n) is 2.64. The molecule has 1 saturated carbocycles. The predicted molar refractivity (Wildman–Crippen MR) is 71.0 cm³/mol. The van der Waals surface area contributed by atoms with Crippen molar-refractivity contribution in [2.75, 3.05) is 5.32 Å². The van der Waals surface area contributed by atoms with Gasteiger partial charge in [0.1, 0.15) is 0 Å². The van der Waals surface area contributed by atoms with Crippen LogP contribution in [-0.2, 0) is 0 Å². The first-order valence-corrected chi connectivity index (χ1v) is 6.53. The average Bonchev–Trinajstić information content (AvgIpc) is 2.71. The zero-order chi connectivity index (χ0) is 11.5. The van der Waals surface area contributed by atoms with E-state index in [1.54, 1.807) is 0 Å². The lowest BCUT2D eigenvalue weighted by molar-refractivity contribution is 0.525. The van der Waals surface area contributed by atoms with E-state index in [4.69, 9.17) is 0 Å². The summed E-state index contributed by atoms with van der Waals surface area (Å²) in [7, 11) is 0. The Hall–Kier alpha value is -0.980. The van der Waals surface area contributed by atoms with Gasteiger partial charge < -0.3 is 5.32 Å². The molecule has 2 rings (SSSR count). The van der Waals surface area contributed by atoms with Crippen molar-refractivity contribution in [2.45, 2.75) is 52.5 Å². The molecule has 1 aromatic carbocycles. The van der Waals surface area contributed by atoms with E-state index >= 15 is 0 Å². The third-order valence-corrected chi connectivity index (χ3v) is 4.00. The highest BCUT2D eigenvalue weighted by Gasteiger charge is 2.22. The SMILES string of the molecule is CCC1CCC(Nc2ccc(C)c(C)c2)C1. The average molecular weight is 217 g/mol. The van der Waals surface area contributed by atoms with Crippen LogP contribution in [0, 0.1) is 19.8 Å². The zero-order valence-electron chi connectivity index (χ0n) is 10.7. The van der Waals surface area contributed by atoms with Crippen LogP contribution in [0.2, 0.25) is 0 Å². The Labute approximate surface area is 99.3 Å². The second kappa shape index (κ2) is 4.90. The molecule has 0 amide bonds. The van der Waals surface area contributed by atoms with Crippen LogP contribution in [-0.4, -0.2) is 6.04 Å². The first-order chi connectivity index (χ1) is 7.69. The first-order valence-electron chi connectivity index (χ1n) is 6.53. The highest BCUT2D eigenvalue weighted by atomic mass is 14.9. The Morgan fingerprint density at radius 1 is 1.19 bits per heavy atom. The van der Waals surface area contributed by atoms with E-state index in [-0.39, 0.29) is 0 Å². The highest BCUT2D eigenvalue weighted by molar-refractivity contribution is 5.48. The number of hydrogen-bond donors (Lipinski definition) is 1. The van der Waals surface area contributed by atoms with Gasteiger partial charge >= 0.3 is 0 Å². The highest BCUT2D eigenvalue weighted by Crippen LogP contribution is 2.30. The lowest BCUT2D eigenvalue weighted by Crippen LogP contribution is -2.15. The summed E-state index contributed by atoms with van der Waals surface area (Å²) < 4.78 is 0. The molecule has 0 aliphatic heterocycles. The molecule has 88 valence electrons. The van der Waals surface area contributed by atoms with Crippen LogP contribution in [0.4, 0.5) is 5.69 Å². The molecule has 1 nitrogen and oxygen atoms in total. The van der Waals surface area contributed by atoms with Crippen LogP contribution in [0.5, 0.6) is 0 Å². The fourth-order valence-corrected chi connectivity index (χ4v) is 2.64. The molecule has 1 fully saturated rings. The number of aryl methyl sites for hydroxylation is 2. The Balaban J connectivity index is 1.97. The molecule has 1 N–H and O–H groups in total. The van der Waals surface area contributed by atoms with Gasteiger partial charge in [-0.05, 0) is 62.3 Å². The molecular weight excluding hydrogens is 194 g/mol. The van der Waals surface area contributed by atoms with Gasteiger partial charge in [0.25, 0.3) is 0 Å². The van der Waals surface area contributed by atoms with E-state index in [1.807, 2.05) is 0 Å². The number of anilines is 1. The summed E-state index contributed by atoms with van der Waals surface area (Å²) in [5.74, 6) is 0.948. The molecule has 2 unspecified atom stereocenters. The molecule has 0 aromatic heterocycles. The molecule has 0 bridgehead atoms. The first kappa shape index (κ1) is 11.5. The van der Waals surface area contributed by atoms with Crippen molar-refractivity contribution in [3.05, 3.63) is 29.3 Å². The van der Waals surface area contributed by atoms with E-state index in [2.05, 4.69) is 44.3 Å². The van der Waals surface area contributed by atoms with Crippen molar-refractivity contribution in [3.8, 4) is 0 Å². The summed E-state index contributed by atoms with van der Waals surface area (Å²) in [6, 6.07) is 7.40. The van der Waals surface area contributed by atoms with Crippen LogP contribution in [0.3, 0.4) is 0 Å². The minimum Gasteiger partial charge on any atom is -0.382 e. The Kier molecular flexibility index (Phi) is 3.52. The van der Waals surface area contributed by atoms with E-state index in [0.29, 0.717) is 6.04 Å². The molecule has 1 aliphatic rings. The molecule has 1 heteroatoms. The lowest BCUT2D eigenvalue weighted by Gasteiger charge is -2.15. The molecule has 0 saturated heterocycles. The second-order valence-corrected chi connectivity index (χ2v) is 5.23. The Morgan fingerprint density at radius 2 is 2.00 bits per heavy atom. The maximum Gasteiger partial charge on any atom is 0.0345 e. The van der Waals surface area contributed by atoms with Gasteiger partial charge in [0, 0.05) is 11.7 Å². The lowest BCUT2D eigenvalue weighted by atomic mass is 10.1. The summed E-state index contributed by atoms with van der Waals surface area (Å²) in [4.78, 5) is 0. The third-order valence-electron chi connectivity index (χ3n) is 4.00. The molecule has 16 heavy (non-hydrogen) atoms. The number of hydrogen-bond acceptors (Lipinski definition) is 1. The topological polar surface area (TPSA) is 12.0 Å². The standard InChI is InChI=1S/C15H23N/c1-4-13-6-8-15(10-13)16-14-7-5-11(2)12(3)9-14/h5,7,9,13,15-16H,4,6,8,10H2,1-3H3. The van der Waals surface area contributed by atoms with E-state index in [9.17, 15) is 0 Å². The Morgan fingerprint density at radius 3 is 2.62 bits per heavy atom. The minimum atomic E-state index is 0.701. The van der Waals surface area contributed by atoms with Gasteiger partial charge in [-0.2, -0.15) is 0 Å². The summed E-state index contributed by atoms with van der Waals surface area (Å²) in [5.41, 5.74) is 4.06. The molecule has 1 aliphatic carbocycles. The fraction of sp³-hybridized carbons (Fsp3) is 0.600. The number of benzene rings is 1. The molecule has 0 spiro atoms. The van der Waals surface area contributed by atoms with Gasteiger partial charge in [0.15, 0.2) is 0 Å². The van der Waals surface area contributed by atoms with Crippen LogP contribution >= 0.6 is 0 Å². The summed E-state index contributed by atoms with van der Waals surface area (Å²) in [5, 5.41) is 3.67.